The lowest BCUT2D eigenvalue weighted by atomic mass is 9.99. The summed E-state index contributed by atoms with van der Waals surface area (Å²) >= 11 is 0. The average Bonchev–Trinajstić information content (AvgIpc) is 2.86. The highest BCUT2D eigenvalue weighted by Crippen LogP contribution is 2.24. The van der Waals surface area contributed by atoms with Crippen LogP contribution in [-0.2, 0) is 4.79 Å². The van der Waals surface area contributed by atoms with Gasteiger partial charge in [-0.25, -0.2) is 4.98 Å². The molecule has 0 radical (unpaired) electrons. The quantitative estimate of drug-likeness (QED) is 0.292. The summed E-state index contributed by atoms with van der Waals surface area (Å²) in [7, 11) is 1.72. The molecule has 180 valence electrons. The second-order valence-electron chi connectivity index (χ2n) is 7.97. The van der Waals surface area contributed by atoms with Crippen LogP contribution in [0.4, 0.5) is 11.5 Å². The Morgan fingerprint density at radius 3 is 2.26 bits per heavy atom. The number of nitrogen functional groups attached to an aromatic ring is 1. The van der Waals surface area contributed by atoms with Crippen LogP contribution in [0.15, 0.2) is 85.1 Å². The van der Waals surface area contributed by atoms with Crippen molar-refractivity contribution >= 4 is 34.1 Å². The van der Waals surface area contributed by atoms with Crippen LogP contribution in [0.2, 0.25) is 0 Å². The smallest absolute Gasteiger partial charge is 0.255 e. The number of rotatable bonds is 6. The molecule has 4 aromatic rings. The van der Waals surface area contributed by atoms with Gasteiger partial charge in [-0.2, -0.15) is 0 Å². The van der Waals surface area contributed by atoms with Crippen molar-refractivity contribution in [2.24, 2.45) is 5.73 Å². The van der Waals surface area contributed by atoms with Gasteiger partial charge in [0.15, 0.2) is 6.10 Å². The highest BCUT2D eigenvalue weighted by Gasteiger charge is 2.26. The fourth-order valence-corrected chi connectivity index (χ4v) is 3.53. The predicted octanol–water partition coefficient (Wildman–Crippen LogP) is 3.17. The number of aliphatic hydroxyl groups excluding tert-OH is 1. The van der Waals surface area contributed by atoms with Gasteiger partial charge in [0.1, 0.15) is 5.82 Å². The van der Waals surface area contributed by atoms with Crippen LogP contribution in [0.1, 0.15) is 27.5 Å². The Balaban J connectivity index is 0.000000320. The first-order valence-corrected chi connectivity index (χ1v) is 11.0. The molecule has 1 aromatic heterocycles. The van der Waals surface area contributed by atoms with E-state index >= 15 is 0 Å². The summed E-state index contributed by atoms with van der Waals surface area (Å²) in [6.45, 7) is 1.99. The molecule has 4 rings (SSSR count). The number of aromatic nitrogens is 1. The first kappa shape index (κ1) is 25.4. The molecule has 0 aliphatic carbocycles. The number of aliphatic hydroxyl groups is 1. The topological polar surface area (TPSA) is 143 Å². The number of aryl methyl sites for hydroxylation is 1. The minimum atomic E-state index is -1.24. The number of anilines is 2. The molecule has 0 saturated heterocycles. The maximum atomic E-state index is 12.5. The van der Waals surface area contributed by atoms with Gasteiger partial charge in [0, 0.05) is 22.8 Å². The average molecular weight is 472 g/mol. The largest absolute Gasteiger partial charge is 0.383 e. The number of primary amides is 1. The lowest BCUT2D eigenvalue weighted by molar-refractivity contribution is -0.125. The van der Waals surface area contributed by atoms with Gasteiger partial charge in [-0.1, -0.05) is 48.0 Å². The zero-order chi connectivity index (χ0) is 25.4. The van der Waals surface area contributed by atoms with Crippen LogP contribution in [0.25, 0.3) is 10.8 Å². The van der Waals surface area contributed by atoms with Gasteiger partial charge >= 0.3 is 0 Å². The van der Waals surface area contributed by atoms with Crippen molar-refractivity contribution < 1.29 is 14.7 Å². The summed E-state index contributed by atoms with van der Waals surface area (Å²) < 4.78 is 0. The monoisotopic (exact) mass is 471 g/mol. The number of fused-ring (bicyclic) bond motifs is 1. The third-order valence-electron chi connectivity index (χ3n) is 5.45. The molecule has 2 amide bonds. The predicted molar refractivity (Wildman–Crippen MR) is 139 cm³/mol. The molecule has 0 saturated carbocycles. The summed E-state index contributed by atoms with van der Waals surface area (Å²) in [6.07, 6.45) is 0.382. The van der Waals surface area contributed by atoms with E-state index in [0.717, 1.165) is 21.9 Å². The number of pyridine rings is 1. The van der Waals surface area contributed by atoms with Crippen molar-refractivity contribution in [3.63, 3.8) is 0 Å². The number of amides is 2. The van der Waals surface area contributed by atoms with Crippen molar-refractivity contribution in [2.45, 2.75) is 19.1 Å². The molecule has 0 fully saturated rings. The van der Waals surface area contributed by atoms with Crippen molar-refractivity contribution in [3.05, 3.63) is 102 Å². The van der Waals surface area contributed by atoms with Gasteiger partial charge in [-0.05, 0) is 61.3 Å². The first-order valence-electron chi connectivity index (χ1n) is 11.0. The van der Waals surface area contributed by atoms with E-state index in [1.54, 1.807) is 55.7 Å². The van der Waals surface area contributed by atoms with Gasteiger partial charge in [0.2, 0.25) is 5.91 Å². The molecule has 35 heavy (non-hydrogen) atoms. The van der Waals surface area contributed by atoms with Crippen molar-refractivity contribution in [3.8, 4) is 0 Å². The second-order valence-corrected chi connectivity index (χ2v) is 7.97. The van der Waals surface area contributed by atoms with Crippen LogP contribution in [0.3, 0.4) is 0 Å². The van der Waals surface area contributed by atoms with Crippen LogP contribution in [-0.4, -0.2) is 35.1 Å². The van der Waals surface area contributed by atoms with Crippen LogP contribution < -0.4 is 22.1 Å². The third-order valence-corrected chi connectivity index (χ3v) is 5.45. The minimum Gasteiger partial charge on any atom is -0.383 e. The van der Waals surface area contributed by atoms with E-state index in [4.69, 9.17) is 11.5 Å². The first-order chi connectivity index (χ1) is 16.8. The van der Waals surface area contributed by atoms with Crippen LogP contribution in [0.5, 0.6) is 0 Å². The number of nitrogens with one attached hydrogen (secondary N) is 2. The third kappa shape index (κ3) is 6.63. The van der Waals surface area contributed by atoms with E-state index in [-0.39, 0.29) is 5.91 Å². The van der Waals surface area contributed by atoms with E-state index in [2.05, 4.69) is 15.6 Å². The number of likely N-dealkylation sites (N-methyl/N-ethyl adjacent to an activating group) is 1. The molecule has 0 aliphatic heterocycles. The molecule has 0 aliphatic rings. The van der Waals surface area contributed by atoms with Gasteiger partial charge in [-0.15, -0.1) is 0 Å². The van der Waals surface area contributed by atoms with E-state index in [1.807, 2.05) is 43.3 Å². The Hall–Kier alpha value is -4.27. The van der Waals surface area contributed by atoms with E-state index in [0.29, 0.717) is 17.1 Å². The van der Waals surface area contributed by atoms with Crippen molar-refractivity contribution in [1.29, 1.82) is 0 Å². The van der Waals surface area contributed by atoms with Gasteiger partial charge in [-0.3, -0.25) is 9.59 Å². The van der Waals surface area contributed by atoms with Crippen LogP contribution >= 0.6 is 0 Å². The highest BCUT2D eigenvalue weighted by atomic mass is 16.3. The van der Waals surface area contributed by atoms with E-state index in [1.165, 1.54) is 0 Å². The Kier molecular flexibility index (Phi) is 8.50. The lowest BCUT2D eigenvalue weighted by Crippen LogP contribution is -2.39. The van der Waals surface area contributed by atoms with Crippen molar-refractivity contribution in [1.82, 2.24) is 10.3 Å². The number of nitrogens with two attached hydrogens (primary N) is 2. The zero-order valence-corrected chi connectivity index (χ0v) is 19.6. The summed E-state index contributed by atoms with van der Waals surface area (Å²) in [5.41, 5.74) is 13.9. The molecule has 8 heteroatoms. The van der Waals surface area contributed by atoms with Gasteiger partial charge in [0.05, 0.1) is 6.04 Å². The number of nitrogens with zero attached hydrogens (tertiary/aromatic N) is 1. The molecule has 1 heterocycles. The Bertz CT molecular complexity index is 1290. The number of carbonyl (C=O) groups is 2. The number of benzene rings is 3. The standard InChI is InChI=1S/C20H22N4O2.C7H7NO/c1-12-3-5-13(6-4-12)17(22-2)18(25)20(26)24-15-7-8-16-14(11-15)9-10-23-19(16)21;8-7(9)6-4-2-1-3-5-6/h3-11,17-18,22,25H,1-2H3,(H2,21,23)(H,24,26);1-5H,(H2,8,9). The molecule has 2 atom stereocenters. The van der Waals surface area contributed by atoms with Gasteiger partial charge < -0.3 is 27.2 Å². The molecule has 8 nitrogen and oxygen atoms in total. The second kappa shape index (κ2) is 11.7. The fraction of sp³-hybridized carbons (Fsp3) is 0.148. The molecule has 0 spiro atoms. The summed E-state index contributed by atoms with van der Waals surface area (Å²) in [4.78, 5) is 27.0. The maximum Gasteiger partial charge on any atom is 0.255 e. The zero-order valence-electron chi connectivity index (χ0n) is 19.6. The van der Waals surface area contributed by atoms with E-state index < -0.39 is 18.1 Å². The van der Waals surface area contributed by atoms with Crippen LogP contribution in [0, 0.1) is 6.92 Å². The van der Waals surface area contributed by atoms with Crippen molar-refractivity contribution in [2.75, 3.05) is 18.1 Å². The SMILES string of the molecule is CNC(c1ccc(C)cc1)C(O)C(=O)Nc1ccc2c(N)nccc2c1.NC(=O)c1ccccc1. The Morgan fingerprint density at radius 1 is 0.971 bits per heavy atom. The molecule has 0 bridgehead atoms. The fourth-order valence-electron chi connectivity index (χ4n) is 3.53. The van der Waals surface area contributed by atoms with E-state index in [9.17, 15) is 14.7 Å². The molecule has 3 aromatic carbocycles. The molecular weight excluding hydrogens is 442 g/mol. The Morgan fingerprint density at radius 2 is 1.66 bits per heavy atom. The van der Waals surface area contributed by atoms with Gasteiger partial charge in [0.25, 0.3) is 5.91 Å². The normalized spacial score (nSPS) is 12.2. The summed E-state index contributed by atoms with van der Waals surface area (Å²) in [6, 6.07) is 23.1. The number of hydrogen-bond donors (Lipinski definition) is 5. The lowest BCUT2D eigenvalue weighted by Gasteiger charge is -2.22. The number of carbonyl (C=O) groups excluding carboxylic acids is 2. The summed E-state index contributed by atoms with van der Waals surface area (Å²) in [5.74, 6) is -0.420. The molecule has 2 unspecified atom stereocenters. The summed E-state index contributed by atoms with van der Waals surface area (Å²) in [5, 5.41) is 18.0. The minimum absolute atomic E-state index is 0.379. The Labute approximate surface area is 204 Å². The number of hydrogen-bond acceptors (Lipinski definition) is 6. The molecular formula is C27H29N5O3. The maximum absolute atomic E-state index is 12.5. The highest BCUT2D eigenvalue weighted by molar-refractivity contribution is 5.99. The molecule has 7 N–H and O–H groups in total.